The van der Waals surface area contributed by atoms with E-state index < -0.39 is 5.54 Å². The van der Waals surface area contributed by atoms with Gasteiger partial charge in [-0.15, -0.1) is 11.3 Å². The van der Waals surface area contributed by atoms with Gasteiger partial charge < -0.3 is 20.6 Å². The van der Waals surface area contributed by atoms with Crippen molar-refractivity contribution in [3.63, 3.8) is 0 Å². The standard InChI is InChI=1S/C13H17NO3S/c15-7-13(8-16,9-17)14-5-10-6-18-12-4-2-1-3-11(10)12/h1-4,6,14-17H,5,7-9H2. The van der Waals surface area contributed by atoms with Crippen molar-refractivity contribution in [2.45, 2.75) is 12.1 Å². The number of hydrogen-bond donors (Lipinski definition) is 4. The minimum absolute atomic E-state index is 0.304. The van der Waals surface area contributed by atoms with E-state index >= 15 is 0 Å². The van der Waals surface area contributed by atoms with Gasteiger partial charge in [0.25, 0.3) is 0 Å². The van der Waals surface area contributed by atoms with E-state index in [1.807, 2.05) is 18.2 Å². The van der Waals surface area contributed by atoms with Crippen LogP contribution in [0.5, 0.6) is 0 Å². The lowest BCUT2D eigenvalue weighted by Gasteiger charge is -2.28. The van der Waals surface area contributed by atoms with Crippen molar-refractivity contribution in [3.8, 4) is 0 Å². The van der Waals surface area contributed by atoms with Crippen molar-refractivity contribution in [1.29, 1.82) is 0 Å². The first kappa shape index (κ1) is 13.5. The van der Waals surface area contributed by atoms with Crippen LogP contribution in [0.4, 0.5) is 0 Å². The summed E-state index contributed by atoms with van der Waals surface area (Å²) in [5.41, 5.74) is 0.0820. The van der Waals surface area contributed by atoms with E-state index in [4.69, 9.17) is 0 Å². The highest BCUT2D eigenvalue weighted by atomic mass is 32.1. The van der Waals surface area contributed by atoms with E-state index in [1.54, 1.807) is 11.3 Å². The lowest BCUT2D eigenvalue weighted by molar-refractivity contribution is 0.0415. The largest absolute Gasteiger partial charge is 0.394 e. The minimum Gasteiger partial charge on any atom is -0.394 e. The van der Waals surface area contributed by atoms with Crippen LogP contribution < -0.4 is 5.32 Å². The Morgan fingerprint density at radius 3 is 2.39 bits per heavy atom. The number of hydrogen-bond acceptors (Lipinski definition) is 5. The van der Waals surface area contributed by atoms with Crippen molar-refractivity contribution < 1.29 is 15.3 Å². The highest BCUT2D eigenvalue weighted by Crippen LogP contribution is 2.25. The molecule has 0 saturated heterocycles. The van der Waals surface area contributed by atoms with Gasteiger partial charge in [0.05, 0.1) is 25.4 Å². The molecule has 0 atom stereocenters. The summed E-state index contributed by atoms with van der Waals surface area (Å²) in [4.78, 5) is 0. The average Bonchev–Trinajstić information content (AvgIpc) is 2.85. The molecule has 1 aromatic heterocycles. The molecule has 0 aliphatic rings. The van der Waals surface area contributed by atoms with Gasteiger partial charge in [-0.1, -0.05) is 18.2 Å². The Morgan fingerprint density at radius 1 is 1.06 bits per heavy atom. The summed E-state index contributed by atoms with van der Waals surface area (Å²) in [5.74, 6) is 0. The number of aliphatic hydroxyl groups excluding tert-OH is 3. The fourth-order valence-electron chi connectivity index (χ4n) is 1.77. The molecular formula is C13H17NO3S. The first-order valence-corrected chi connectivity index (χ1v) is 6.65. The average molecular weight is 267 g/mol. The minimum atomic E-state index is -1.02. The molecule has 0 unspecified atom stereocenters. The highest BCUT2D eigenvalue weighted by Gasteiger charge is 2.27. The number of thiophene rings is 1. The van der Waals surface area contributed by atoms with Gasteiger partial charge in [0, 0.05) is 11.2 Å². The fraction of sp³-hybridized carbons (Fsp3) is 0.385. The number of benzene rings is 1. The molecule has 0 amide bonds. The van der Waals surface area contributed by atoms with Crippen LogP contribution in [0.15, 0.2) is 29.6 Å². The van der Waals surface area contributed by atoms with Crippen molar-refractivity contribution >= 4 is 21.4 Å². The topological polar surface area (TPSA) is 72.7 Å². The predicted octanol–water partition coefficient (Wildman–Crippen LogP) is 0.707. The highest BCUT2D eigenvalue weighted by molar-refractivity contribution is 7.17. The summed E-state index contributed by atoms with van der Waals surface area (Å²) in [6, 6.07) is 8.08. The van der Waals surface area contributed by atoms with Crippen LogP contribution in [-0.2, 0) is 6.54 Å². The van der Waals surface area contributed by atoms with Gasteiger partial charge in [-0.3, -0.25) is 0 Å². The number of fused-ring (bicyclic) bond motifs is 1. The molecule has 18 heavy (non-hydrogen) atoms. The molecule has 0 spiro atoms. The summed E-state index contributed by atoms with van der Waals surface area (Å²) >= 11 is 1.66. The summed E-state index contributed by atoms with van der Waals surface area (Å²) in [6.45, 7) is -0.405. The second-order valence-corrected chi connectivity index (χ2v) is 5.28. The van der Waals surface area contributed by atoms with Crippen LogP contribution in [-0.4, -0.2) is 40.7 Å². The Labute approximate surface area is 110 Å². The SMILES string of the molecule is OCC(CO)(CO)NCc1csc2ccccc12. The molecule has 5 heteroatoms. The van der Waals surface area contributed by atoms with Gasteiger partial charge in [0.1, 0.15) is 0 Å². The first-order chi connectivity index (χ1) is 8.74. The van der Waals surface area contributed by atoms with Gasteiger partial charge in [0.15, 0.2) is 0 Å². The third kappa shape index (κ3) is 2.55. The summed E-state index contributed by atoms with van der Waals surface area (Å²) < 4.78 is 1.21. The maximum absolute atomic E-state index is 9.24. The Morgan fingerprint density at radius 2 is 1.72 bits per heavy atom. The smallest absolute Gasteiger partial charge is 0.0884 e. The Balaban J connectivity index is 2.14. The molecule has 0 radical (unpaired) electrons. The molecule has 0 bridgehead atoms. The quantitative estimate of drug-likeness (QED) is 0.622. The zero-order chi connectivity index (χ0) is 13.0. The molecule has 98 valence electrons. The van der Waals surface area contributed by atoms with Crippen LogP contribution >= 0.6 is 11.3 Å². The van der Waals surface area contributed by atoms with Crippen molar-refractivity contribution in [2.24, 2.45) is 0 Å². The number of nitrogens with one attached hydrogen (secondary N) is 1. The number of aliphatic hydroxyl groups is 3. The molecule has 0 aliphatic heterocycles. The molecule has 0 aliphatic carbocycles. The van der Waals surface area contributed by atoms with Crippen LogP contribution in [0.25, 0.3) is 10.1 Å². The third-order valence-corrected chi connectivity index (χ3v) is 4.14. The zero-order valence-electron chi connectivity index (χ0n) is 9.97. The van der Waals surface area contributed by atoms with Gasteiger partial charge in [-0.2, -0.15) is 0 Å². The first-order valence-electron chi connectivity index (χ1n) is 5.77. The van der Waals surface area contributed by atoms with E-state index in [-0.39, 0.29) is 19.8 Å². The summed E-state index contributed by atoms with van der Waals surface area (Å²) in [6.07, 6.45) is 0. The molecule has 4 N–H and O–H groups in total. The molecule has 0 saturated carbocycles. The predicted molar refractivity (Wildman–Crippen MR) is 72.7 cm³/mol. The fourth-order valence-corrected chi connectivity index (χ4v) is 2.73. The summed E-state index contributed by atoms with van der Waals surface area (Å²) in [5, 5.41) is 34.0. The molecule has 2 aromatic rings. The third-order valence-electron chi connectivity index (χ3n) is 3.12. The lowest BCUT2D eigenvalue weighted by atomic mass is 10.0. The van der Waals surface area contributed by atoms with Crippen molar-refractivity contribution in [3.05, 3.63) is 35.2 Å². The molecule has 2 rings (SSSR count). The monoisotopic (exact) mass is 267 g/mol. The maximum atomic E-state index is 9.24. The zero-order valence-corrected chi connectivity index (χ0v) is 10.8. The van der Waals surface area contributed by atoms with E-state index in [0.717, 1.165) is 10.9 Å². The van der Waals surface area contributed by atoms with Crippen LogP contribution in [0.1, 0.15) is 5.56 Å². The molecule has 0 fully saturated rings. The second-order valence-electron chi connectivity index (χ2n) is 4.37. The molecular weight excluding hydrogens is 250 g/mol. The van der Waals surface area contributed by atoms with E-state index in [9.17, 15) is 15.3 Å². The Bertz CT molecular complexity index is 499. The Kier molecular flexibility index (Phi) is 4.31. The van der Waals surface area contributed by atoms with E-state index in [0.29, 0.717) is 6.54 Å². The van der Waals surface area contributed by atoms with E-state index in [1.165, 1.54) is 4.70 Å². The van der Waals surface area contributed by atoms with Gasteiger partial charge in [-0.25, -0.2) is 0 Å². The molecule has 4 nitrogen and oxygen atoms in total. The van der Waals surface area contributed by atoms with Crippen LogP contribution in [0.3, 0.4) is 0 Å². The second kappa shape index (κ2) is 5.77. The lowest BCUT2D eigenvalue weighted by Crippen LogP contribution is -2.54. The van der Waals surface area contributed by atoms with Crippen molar-refractivity contribution in [1.82, 2.24) is 5.32 Å². The van der Waals surface area contributed by atoms with E-state index in [2.05, 4.69) is 16.8 Å². The Hall–Kier alpha value is -0.980. The van der Waals surface area contributed by atoms with Crippen LogP contribution in [0, 0.1) is 0 Å². The van der Waals surface area contributed by atoms with Gasteiger partial charge >= 0.3 is 0 Å². The maximum Gasteiger partial charge on any atom is 0.0884 e. The number of rotatable bonds is 6. The van der Waals surface area contributed by atoms with Gasteiger partial charge in [0.2, 0.25) is 0 Å². The van der Waals surface area contributed by atoms with Crippen LogP contribution in [0.2, 0.25) is 0 Å². The normalized spacial score (nSPS) is 12.2. The van der Waals surface area contributed by atoms with Crippen molar-refractivity contribution in [2.75, 3.05) is 19.8 Å². The molecule has 1 aromatic carbocycles. The summed E-state index contributed by atoms with van der Waals surface area (Å²) in [7, 11) is 0. The molecule has 1 heterocycles. The van der Waals surface area contributed by atoms with Gasteiger partial charge in [-0.05, 0) is 22.4 Å².